The zero-order valence-electron chi connectivity index (χ0n) is 11.4. The van der Waals surface area contributed by atoms with Gasteiger partial charge < -0.3 is 16.2 Å². The lowest BCUT2D eigenvalue weighted by molar-refractivity contribution is 0.0517. The number of rotatable bonds is 5. The van der Waals surface area contributed by atoms with Crippen LogP contribution in [-0.4, -0.2) is 33.4 Å². The molecule has 1 unspecified atom stereocenters. The number of carbonyl (C=O) groups excluding carboxylic acids is 1. The SMILES string of the molecule is CCC(C)(O)CNC(=O)c1n[nH]c(C(C)C)c1N. The first-order chi connectivity index (χ1) is 8.28. The summed E-state index contributed by atoms with van der Waals surface area (Å²) in [6, 6.07) is 0. The number of hydrogen-bond acceptors (Lipinski definition) is 4. The molecular formula is C12H22N4O2. The largest absolute Gasteiger partial charge is 0.395 e. The van der Waals surface area contributed by atoms with E-state index in [2.05, 4.69) is 15.5 Å². The molecule has 0 saturated carbocycles. The maximum Gasteiger partial charge on any atom is 0.274 e. The van der Waals surface area contributed by atoms with Crippen LogP contribution in [0.25, 0.3) is 0 Å². The second kappa shape index (κ2) is 5.39. The Balaban J connectivity index is 2.74. The molecule has 6 heteroatoms. The van der Waals surface area contributed by atoms with Crippen molar-refractivity contribution in [1.82, 2.24) is 15.5 Å². The van der Waals surface area contributed by atoms with Crippen LogP contribution in [0.2, 0.25) is 0 Å². The zero-order valence-corrected chi connectivity index (χ0v) is 11.4. The minimum absolute atomic E-state index is 0.172. The number of H-pyrrole nitrogens is 1. The molecule has 0 aliphatic heterocycles. The Hall–Kier alpha value is -1.56. The van der Waals surface area contributed by atoms with Crippen molar-refractivity contribution < 1.29 is 9.90 Å². The van der Waals surface area contributed by atoms with E-state index in [0.717, 1.165) is 5.69 Å². The Morgan fingerprint density at radius 2 is 2.22 bits per heavy atom. The Morgan fingerprint density at radius 1 is 1.61 bits per heavy atom. The number of amides is 1. The molecule has 0 saturated heterocycles. The van der Waals surface area contributed by atoms with Crippen LogP contribution in [0.4, 0.5) is 5.69 Å². The summed E-state index contributed by atoms with van der Waals surface area (Å²) in [5, 5.41) is 19.1. The predicted octanol–water partition coefficient (Wildman–Crippen LogP) is 1.01. The summed E-state index contributed by atoms with van der Waals surface area (Å²) in [6.07, 6.45) is 0.556. The quantitative estimate of drug-likeness (QED) is 0.629. The topological polar surface area (TPSA) is 104 Å². The number of nitrogen functional groups attached to an aromatic ring is 1. The van der Waals surface area contributed by atoms with E-state index in [-0.39, 0.29) is 24.1 Å². The first kappa shape index (κ1) is 14.5. The van der Waals surface area contributed by atoms with Gasteiger partial charge in [0.2, 0.25) is 0 Å². The Kier molecular flexibility index (Phi) is 4.34. The van der Waals surface area contributed by atoms with Crippen LogP contribution < -0.4 is 11.1 Å². The molecule has 1 aromatic heterocycles. The van der Waals surface area contributed by atoms with Crippen molar-refractivity contribution in [3.8, 4) is 0 Å². The number of carbonyl (C=O) groups is 1. The maximum atomic E-state index is 11.9. The van der Waals surface area contributed by atoms with E-state index in [0.29, 0.717) is 12.1 Å². The predicted molar refractivity (Wildman–Crippen MR) is 70.3 cm³/mol. The Bertz CT molecular complexity index is 424. The van der Waals surface area contributed by atoms with E-state index < -0.39 is 5.60 Å². The van der Waals surface area contributed by atoms with E-state index >= 15 is 0 Å². The molecule has 1 heterocycles. The van der Waals surface area contributed by atoms with Gasteiger partial charge in [-0.25, -0.2) is 0 Å². The minimum Gasteiger partial charge on any atom is -0.395 e. The van der Waals surface area contributed by atoms with Gasteiger partial charge in [0.25, 0.3) is 5.91 Å². The number of aromatic amines is 1. The highest BCUT2D eigenvalue weighted by molar-refractivity contribution is 5.97. The highest BCUT2D eigenvalue weighted by Crippen LogP contribution is 2.21. The highest BCUT2D eigenvalue weighted by Gasteiger charge is 2.22. The van der Waals surface area contributed by atoms with Gasteiger partial charge in [-0.15, -0.1) is 0 Å². The van der Waals surface area contributed by atoms with Crippen LogP contribution in [0.15, 0.2) is 0 Å². The van der Waals surface area contributed by atoms with Gasteiger partial charge in [0.15, 0.2) is 5.69 Å². The van der Waals surface area contributed by atoms with Crippen molar-refractivity contribution in [2.45, 2.75) is 45.6 Å². The third kappa shape index (κ3) is 3.22. The van der Waals surface area contributed by atoms with Crippen LogP contribution >= 0.6 is 0 Å². The molecule has 1 aromatic rings. The third-order valence-electron chi connectivity index (χ3n) is 3.02. The molecule has 0 aromatic carbocycles. The van der Waals surface area contributed by atoms with E-state index in [1.807, 2.05) is 20.8 Å². The number of nitrogens with one attached hydrogen (secondary N) is 2. The standard InChI is InChI=1S/C12H22N4O2/c1-5-12(4,18)6-14-11(17)10-8(13)9(7(2)3)15-16-10/h7,18H,5-6,13H2,1-4H3,(H,14,17)(H,15,16). The average molecular weight is 254 g/mol. The fourth-order valence-corrected chi connectivity index (χ4v) is 1.46. The summed E-state index contributed by atoms with van der Waals surface area (Å²) in [5.74, 6) is -0.192. The second-order valence-electron chi connectivity index (χ2n) is 5.09. The Morgan fingerprint density at radius 3 is 2.67 bits per heavy atom. The fourth-order valence-electron chi connectivity index (χ4n) is 1.46. The van der Waals surface area contributed by atoms with Crippen molar-refractivity contribution in [3.05, 3.63) is 11.4 Å². The van der Waals surface area contributed by atoms with Crippen molar-refractivity contribution in [2.75, 3.05) is 12.3 Å². The first-order valence-electron chi connectivity index (χ1n) is 6.12. The molecule has 1 amide bonds. The zero-order chi connectivity index (χ0) is 13.9. The molecular weight excluding hydrogens is 232 g/mol. The molecule has 18 heavy (non-hydrogen) atoms. The molecule has 0 fully saturated rings. The molecule has 0 spiro atoms. The summed E-state index contributed by atoms with van der Waals surface area (Å²) in [6.45, 7) is 7.62. The number of anilines is 1. The second-order valence-corrected chi connectivity index (χ2v) is 5.09. The minimum atomic E-state index is -0.915. The smallest absolute Gasteiger partial charge is 0.274 e. The lowest BCUT2D eigenvalue weighted by atomic mass is 10.0. The summed E-state index contributed by atoms with van der Waals surface area (Å²) in [7, 11) is 0. The molecule has 0 radical (unpaired) electrons. The molecule has 1 rings (SSSR count). The van der Waals surface area contributed by atoms with Crippen LogP contribution in [0.1, 0.15) is 56.2 Å². The van der Waals surface area contributed by atoms with Gasteiger partial charge in [-0.05, 0) is 19.3 Å². The fraction of sp³-hybridized carbons (Fsp3) is 0.667. The van der Waals surface area contributed by atoms with Crippen molar-refractivity contribution in [2.24, 2.45) is 0 Å². The first-order valence-corrected chi connectivity index (χ1v) is 6.12. The highest BCUT2D eigenvalue weighted by atomic mass is 16.3. The molecule has 5 N–H and O–H groups in total. The van der Waals surface area contributed by atoms with Crippen LogP contribution in [0.3, 0.4) is 0 Å². The number of nitrogens with two attached hydrogens (primary N) is 1. The van der Waals surface area contributed by atoms with Crippen molar-refractivity contribution in [3.63, 3.8) is 0 Å². The number of nitrogens with zero attached hydrogens (tertiary/aromatic N) is 1. The maximum absolute atomic E-state index is 11.9. The summed E-state index contributed by atoms with van der Waals surface area (Å²) >= 11 is 0. The van der Waals surface area contributed by atoms with Crippen LogP contribution in [-0.2, 0) is 0 Å². The molecule has 102 valence electrons. The van der Waals surface area contributed by atoms with Crippen molar-refractivity contribution >= 4 is 11.6 Å². The van der Waals surface area contributed by atoms with Gasteiger partial charge in [0, 0.05) is 6.54 Å². The van der Waals surface area contributed by atoms with Crippen LogP contribution in [0.5, 0.6) is 0 Å². The lowest BCUT2D eigenvalue weighted by Gasteiger charge is -2.21. The Labute approximate surface area is 107 Å². The monoisotopic (exact) mass is 254 g/mol. The van der Waals surface area contributed by atoms with E-state index in [1.165, 1.54) is 0 Å². The summed E-state index contributed by atoms with van der Waals surface area (Å²) in [5.41, 5.74) is 6.26. The third-order valence-corrected chi connectivity index (χ3v) is 3.02. The molecule has 0 bridgehead atoms. The molecule has 0 aliphatic rings. The van der Waals surface area contributed by atoms with Gasteiger partial charge in [-0.3, -0.25) is 9.89 Å². The average Bonchev–Trinajstić information content (AvgIpc) is 2.68. The number of hydrogen-bond donors (Lipinski definition) is 4. The lowest BCUT2D eigenvalue weighted by Crippen LogP contribution is -2.40. The van der Waals surface area contributed by atoms with E-state index in [4.69, 9.17) is 5.73 Å². The van der Waals surface area contributed by atoms with Gasteiger partial charge >= 0.3 is 0 Å². The van der Waals surface area contributed by atoms with E-state index in [1.54, 1.807) is 6.92 Å². The van der Waals surface area contributed by atoms with E-state index in [9.17, 15) is 9.90 Å². The van der Waals surface area contributed by atoms with Crippen LogP contribution in [0, 0.1) is 0 Å². The summed E-state index contributed by atoms with van der Waals surface area (Å²) < 4.78 is 0. The normalized spacial score (nSPS) is 14.6. The van der Waals surface area contributed by atoms with Crippen molar-refractivity contribution in [1.29, 1.82) is 0 Å². The van der Waals surface area contributed by atoms with Gasteiger partial charge in [0.05, 0.1) is 17.0 Å². The number of aliphatic hydroxyl groups is 1. The van der Waals surface area contributed by atoms with Gasteiger partial charge in [-0.1, -0.05) is 20.8 Å². The van der Waals surface area contributed by atoms with Gasteiger partial charge in [0.1, 0.15) is 0 Å². The molecule has 1 atom stereocenters. The number of aromatic nitrogens is 2. The molecule has 0 aliphatic carbocycles. The molecule has 6 nitrogen and oxygen atoms in total. The van der Waals surface area contributed by atoms with Gasteiger partial charge in [-0.2, -0.15) is 5.10 Å². The summed E-state index contributed by atoms with van der Waals surface area (Å²) in [4.78, 5) is 11.9.